The van der Waals surface area contributed by atoms with Crippen LogP contribution in [0.4, 0.5) is 0 Å². The largest absolute Gasteiger partial charge is 0.476 e. The Morgan fingerprint density at radius 3 is 2.50 bits per heavy atom. The highest BCUT2D eigenvalue weighted by atomic mass is 16.5. The first-order valence-corrected chi connectivity index (χ1v) is 6.69. The summed E-state index contributed by atoms with van der Waals surface area (Å²) >= 11 is 0. The second-order valence-electron chi connectivity index (χ2n) is 4.19. The molecule has 0 spiro atoms. The number of hydrogen-bond donors (Lipinski definition) is 1. The summed E-state index contributed by atoms with van der Waals surface area (Å²) in [5.74, 6) is 0.616. The molecule has 1 aromatic heterocycles. The summed E-state index contributed by atoms with van der Waals surface area (Å²) in [5, 5.41) is 9.18. The maximum atomic E-state index is 9.18. The van der Waals surface area contributed by atoms with Crippen molar-refractivity contribution in [1.29, 1.82) is 0 Å². The van der Waals surface area contributed by atoms with Gasteiger partial charge in [0.15, 0.2) is 0 Å². The van der Waals surface area contributed by atoms with E-state index < -0.39 is 0 Å². The van der Waals surface area contributed by atoms with E-state index in [1.54, 1.807) is 6.07 Å². The van der Waals surface area contributed by atoms with E-state index in [4.69, 9.17) is 4.74 Å². The van der Waals surface area contributed by atoms with Crippen LogP contribution in [0.3, 0.4) is 0 Å². The highest BCUT2D eigenvalue weighted by Gasteiger charge is 2.04. The van der Waals surface area contributed by atoms with Crippen LogP contribution in [0.25, 0.3) is 0 Å². The fourth-order valence-corrected chi connectivity index (χ4v) is 1.79. The van der Waals surface area contributed by atoms with E-state index in [1.807, 2.05) is 13.0 Å². The van der Waals surface area contributed by atoms with Crippen molar-refractivity contribution in [2.75, 3.05) is 26.2 Å². The van der Waals surface area contributed by atoms with Gasteiger partial charge < -0.3 is 14.7 Å². The Bertz CT molecular complexity index is 329. The molecule has 18 heavy (non-hydrogen) atoms. The summed E-state index contributed by atoms with van der Waals surface area (Å²) in [6, 6.07) is 3.72. The summed E-state index contributed by atoms with van der Waals surface area (Å²) in [4.78, 5) is 6.70. The van der Waals surface area contributed by atoms with Gasteiger partial charge in [-0.15, -0.1) is 0 Å². The summed E-state index contributed by atoms with van der Waals surface area (Å²) in [5.41, 5.74) is 1.82. The normalized spacial score (nSPS) is 10.9. The van der Waals surface area contributed by atoms with Gasteiger partial charge in [-0.25, -0.2) is 4.98 Å². The molecule has 0 saturated heterocycles. The molecule has 1 heterocycles. The minimum absolute atomic E-state index is 0.0297. The maximum Gasteiger partial charge on any atom is 0.213 e. The molecule has 0 unspecified atom stereocenters. The summed E-state index contributed by atoms with van der Waals surface area (Å²) in [6.07, 6.45) is 0.847. The van der Waals surface area contributed by atoms with E-state index in [0.717, 1.165) is 37.3 Å². The van der Waals surface area contributed by atoms with Crippen molar-refractivity contribution >= 4 is 0 Å². The molecule has 1 rings (SSSR count). The van der Waals surface area contributed by atoms with Crippen molar-refractivity contribution < 1.29 is 9.84 Å². The fraction of sp³-hybridized carbons (Fsp3) is 0.643. The average molecular weight is 252 g/mol. The van der Waals surface area contributed by atoms with Crippen molar-refractivity contribution in [3.8, 4) is 5.88 Å². The van der Waals surface area contributed by atoms with Gasteiger partial charge in [0.05, 0.1) is 6.61 Å². The molecule has 0 fully saturated rings. The smallest absolute Gasteiger partial charge is 0.213 e. The lowest BCUT2D eigenvalue weighted by Crippen LogP contribution is -2.28. The van der Waals surface area contributed by atoms with Crippen LogP contribution in [0.2, 0.25) is 0 Å². The van der Waals surface area contributed by atoms with Gasteiger partial charge in [-0.3, -0.25) is 0 Å². The van der Waals surface area contributed by atoms with Gasteiger partial charge >= 0.3 is 0 Å². The Morgan fingerprint density at radius 1 is 1.22 bits per heavy atom. The van der Waals surface area contributed by atoms with Gasteiger partial charge in [0.25, 0.3) is 0 Å². The summed E-state index contributed by atoms with van der Waals surface area (Å²) in [6.45, 7) is 9.96. The van der Waals surface area contributed by atoms with Crippen molar-refractivity contribution in [3.63, 3.8) is 0 Å². The van der Waals surface area contributed by atoms with Crippen LogP contribution in [0.15, 0.2) is 12.1 Å². The number of rotatable bonds is 8. The highest BCUT2D eigenvalue weighted by Crippen LogP contribution is 2.13. The lowest BCUT2D eigenvalue weighted by Gasteiger charge is -2.18. The Labute approximate surface area is 110 Å². The predicted octanol–water partition coefficient (Wildman–Crippen LogP) is 1.86. The second-order valence-corrected chi connectivity index (χ2v) is 4.19. The molecule has 4 heteroatoms. The topological polar surface area (TPSA) is 45.6 Å². The monoisotopic (exact) mass is 252 g/mol. The molecular formula is C14H24N2O2. The summed E-state index contributed by atoms with van der Waals surface area (Å²) in [7, 11) is 0. The van der Waals surface area contributed by atoms with E-state index in [-0.39, 0.29) is 6.61 Å². The zero-order valence-corrected chi connectivity index (χ0v) is 11.6. The van der Waals surface area contributed by atoms with E-state index in [0.29, 0.717) is 12.5 Å². The predicted molar refractivity (Wildman–Crippen MR) is 72.8 cm³/mol. The van der Waals surface area contributed by atoms with E-state index in [9.17, 15) is 5.11 Å². The number of likely N-dealkylation sites (N-methyl/N-ethyl adjacent to an activating group) is 1. The minimum atomic E-state index is 0.0297. The standard InChI is InChI=1S/C14H24N2O2/c1-4-13-9-12(11-17)10-14(15-13)18-8-7-16(5-2)6-3/h9-10,17H,4-8,11H2,1-3H3. The molecule has 0 amide bonds. The number of pyridine rings is 1. The van der Waals surface area contributed by atoms with Gasteiger partial charge in [-0.05, 0) is 31.1 Å². The second kappa shape index (κ2) is 8.06. The molecule has 0 radical (unpaired) electrons. The van der Waals surface area contributed by atoms with E-state index in [1.165, 1.54) is 0 Å². The van der Waals surface area contributed by atoms with Crippen molar-refractivity contribution in [1.82, 2.24) is 9.88 Å². The molecule has 102 valence electrons. The first-order chi connectivity index (χ1) is 8.73. The van der Waals surface area contributed by atoms with Crippen LogP contribution in [0.5, 0.6) is 5.88 Å². The molecule has 0 aromatic carbocycles. The Kier molecular flexibility index (Phi) is 6.68. The van der Waals surface area contributed by atoms with Crippen LogP contribution in [0.1, 0.15) is 32.0 Å². The number of hydrogen-bond acceptors (Lipinski definition) is 4. The number of aryl methyl sites for hydroxylation is 1. The molecule has 1 aromatic rings. The zero-order chi connectivity index (χ0) is 13.4. The number of aromatic nitrogens is 1. The molecule has 0 bridgehead atoms. The Hall–Kier alpha value is -1.13. The van der Waals surface area contributed by atoms with Crippen LogP contribution in [-0.4, -0.2) is 41.2 Å². The number of ether oxygens (including phenoxy) is 1. The van der Waals surface area contributed by atoms with Gasteiger partial charge in [0.2, 0.25) is 5.88 Å². The van der Waals surface area contributed by atoms with E-state index >= 15 is 0 Å². The van der Waals surface area contributed by atoms with Gasteiger partial charge in [-0.2, -0.15) is 0 Å². The quantitative estimate of drug-likeness (QED) is 0.767. The molecule has 0 aliphatic carbocycles. The highest BCUT2D eigenvalue weighted by molar-refractivity contribution is 5.24. The maximum absolute atomic E-state index is 9.18. The SMILES string of the molecule is CCc1cc(CO)cc(OCCN(CC)CC)n1. The third kappa shape index (κ3) is 4.63. The third-order valence-corrected chi connectivity index (χ3v) is 3.01. The Balaban J connectivity index is 2.55. The van der Waals surface area contributed by atoms with Crippen LogP contribution >= 0.6 is 0 Å². The molecule has 0 saturated carbocycles. The van der Waals surface area contributed by atoms with Crippen molar-refractivity contribution in [3.05, 3.63) is 23.4 Å². The minimum Gasteiger partial charge on any atom is -0.476 e. The van der Waals surface area contributed by atoms with Crippen molar-refractivity contribution in [2.45, 2.75) is 33.8 Å². The third-order valence-electron chi connectivity index (χ3n) is 3.01. The molecule has 4 nitrogen and oxygen atoms in total. The van der Waals surface area contributed by atoms with Crippen LogP contribution in [-0.2, 0) is 13.0 Å². The van der Waals surface area contributed by atoms with Gasteiger partial charge in [0, 0.05) is 18.3 Å². The van der Waals surface area contributed by atoms with Crippen LogP contribution in [0, 0.1) is 0 Å². The average Bonchev–Trinajstić information content (AvgIpc) is 2.43. The molecule has 0 atom stereocenters. The summed E-state index contributed by atoms with van der Waals surface area (Å²) < 4.78 is 5.66. The zero-order valence-electron chi connectivity index (χ0n) is 11.6. The van der Waals surface area contributed by atoms with E-state index in [2.05, 4.69) is 23.7 Å². The molecule has 1 N–H and O–H groups in total. The van der Waals surface area contributed by atoms with Gasteiger partial charge in [-0.1, -0.05) is 20.8 Å². The fourth-order valence-electron chi connectivity index (χ4n) is 1.79. The molecule has 0 aliphatic rings. The Morgan fingerprint density at radius 2 is 1.94 bits per heavy atom. The lowest BCUT2D eigenvalue weighted by atomic mass is 10.2. The molecular weight excluding hydrogens is 228 g/mol. The first kappa shape index (κ1) is 14.9. The van der Waals surface area contributed by atoms with Crippen molar-refractivity contribution in [2.24, 2.45) is 0 Å². The number of aliphatic hydroxyl groups is 1. The number of aliphatic hydroxyl groups excluding tert-OH is 1. The van der Waals surface area contributed by atoms with Gasteiger partial charge in [0.1, 0.15) is 6.61 Å². The lowest BCUT2D eigenvalue weighted by molar-refractivity contribution is 0.217. The van der Waals surface area contributed by atoms with Crippen LogP contribution < -0.4 is 4.74 Å². The first-order valence-electron chi connectivity index (χ1n) is 6.69. The molecule has 0 aliphatic heterocycles. The number of nitrogens with zero attached hydrogens (tertiary/aromatic N) is 2.